The number of benzene rings is 2. The maximum atomic E-state index is 13.0. The fraction of sp³-hybridized carbons (Fsp3) is 0.320. The average Bonchev–Trinajstić information content (AvgIpc) is 2.80. The standard InChI is InChI=1S/C25H31N5O3/c1-3-4-15-30-23(26)22(24(32)28-25(30)33)29(16-19-11-7-5-8-12-19)17-21(31)27-18(2)20-13-9-6-10-14-20/h5-14,18H,3-4,15-17,26H2,1-2H3,(H,27,31)(H,28,32,33). The van der Waals surface area contributed by atoms with Gasteiger partial charge in [0.05, 0.1) is 12.6 Å². The van der Waals surface area contributed by atoms with E-state index in [2.05, 4.69) is 10.3 Å². The summed E-state index contributed by atoms with van der Waals surface area (Å²) < 4.78 is 1.36. The molecule has 0 saturated carbocycles. The lowest BCUT2D eigenvalue weighted by atomic mass is 10.1. The molecule has 0 spiro atoms. The number of hydrogen-bond acceptors (Lipinski definition) is 5. The smallest absolute Gasteiger partial charge is 0.330 e. The summed E-state index contributed by atoms with van der Waals surface area (Å²) in [6, 6.07) is 18.9. The Balaban J connectivity index is 1.92. The summed E-state index contributed by atoms with van der Waals surface area (Å²) >= 11 is 0. The number of unbranched alkanes of at least 4 members (excludes halogenated alkanes) is 1. The molecular weight excluding hydrogens is 418 g/mol. The summed E-state index contributed by atoms with van der Waals surface area (Å²) in [5.74, 6) is -0.190. The number of anilines is 2. The van der Waals surface area contributed by atoms with Gasteiger partial charge in [-0.25, -0.2) is 4.79 Å². The number of amides is 1. The third kappa shape index (κ3) is 6.12. The first-order valence-electron chi connectivity index (χ1n) is 11.2. The number of carbonyl (C=O) groups excluding carboxylic acids is 1. The lowest BCUT2D eigenvalue weighted by Gasteiger charge is -2.26. The average molecular weight is 450 g/mol. The van der Waals surface area contributed by atoms with E-state index in [0.717, 1.165) is 24.0 Å². The summed E-state index contributed by atoms with van der Waals surface area (Å²) in [6.07, 6.45) is 1.61. The Morgan fingerprint density at radius 3 is 2.36 bits per heavy atom. The highest BCUT2D eigenvalue weighted by molar-refractivity contribution is 5.82. The van der Waals surface area contributed by atoms with Crippen molar-refractivity contribution in [3.8, 4) is 0 Å². The molecule has 1 aromatic heterocycles. The number of hydrogen-bond donors (Lipinski definition) is 3. The molecule has 1 amide bonds. The van der Waals surface area contributed by atoms with Crippen LogP contribution in [0.25, 0.3) is 0 Å². The van der Waals surface area contributed by atoms with E-state index in [4.69, 9.17) is 5.73 Å². The minimum atomic E-state index is -0.606. The lowest BCUT2D eigenvalue weighted by molar-refractivity contribution is -0.120. The van der Waals surface area contributed by atoms with E-state index in [0.29, 0.717) is 6.54 Å². The molecule has 1 atom stereocenters. The Hall–Kier alpha value is -3.81. The van der Waals surface area contributed by atoms with Gasteiger partial charge in [0.25, 0.3) is 5.56 Å². The van der Waals surface area contributed by atoms with Crippen LogP contribution in [-0.2, 0) is 17.9 Å². The topological polar surface area (TPSA) is 113 Å². The molecule has 1 unspecified atom stereocenters. The van der Waals surface area contributed by atoms with Crippen LogP contribution in [0.3, 0.4) is 0 Å². The summed E-state index contributed by atoms with van der Waals surface area (Å²) in [7, 11) is 0. The highest BCUT2D eigenvalue weighted by Crippen LogP contribution is 2.20. The molecule has 1 heterocycles. The summed E-state index contributed by atoms with van der Waals surface area (Å²) in [4.78, 5) is 42.1. The van der Waals surface area contributed by atoms with Crippen LogP contribution in [0.2, 0.25) is 0 Å². The first-order chi connectivity index (χ1) is 15.9. The Labute approximate surface area is 193 Å². The molecule has 0 radical (unpaired) electrons. The van der Waals surface area contributed by atoms with Crippen molar-refractivity contribution in [1.29, 1.82) is 0 Å². The Bertz CT molecular complexity index is 1170. The maximum Gasteiger partial charge on any atom is 0.330 e. The van der Waals surface area contributed by atoms with Crippen LogP contribution < -0.4 is 27.2 Å². The largest absolute Gasteiger partial charge is 0.383 e. The Kier molecular flexibility index (Phi) is 8.07. The fourth-order valence-corrected chi connectivity index (χ4v) is 3.72. The van der Waals surface area contributed by atoms with Gasteiger partial charge in [-0.1, -0.05) is 74.0 Å². The van der Waals surface area contributed by atoms with Crippen molar-refractivity contribution in [2.24, 2.45) is 0 Å². The van der Waals surface area contributed by atoms with Gasteiger partial charge < -0.3 is 16.0 Å². The third-order valence-corrected chi connectivity index (χ3v) is 5.49. The van der Waals surface area contributed by atoms with Crippen LogP contribution in [0.5, 0.6) is 0 Å². The van der Waals surface area contributed by atoms with Gasteiger partial charge in [-0.3, -0.25) is 19.1 Å². The molecule has 2 aromatic carbocycles. The molecule has 4 N–H and O–H groups in total. The SMILES string of the molecule is CCCCn1c(N)c(N(CC(=O)NC(C)c2ccccc2)Cc2ccccc2)c(=O)[nH]c1=O. The van der Waals surface area contributed by atoms with Gasteiger partial charge in [-0.15, -0.1) is 0 Å². The van der Waals surface area contributed by atoms with Crippen LogP contribution >= 0.6 is 0 Å². The maximum absolute atomic E-state index is 13.0. The molecule has 8 heteroatoms. The van der Waals surface area contributed by atoms with E-state index in [-0.39, 0.29) is 36.5 Å². The van der Waals surface area contributed by atoms with Gasteiger partial charge in [0, 0.05) is 13.1 Å². The molecule has 0 aliphatic rings. The summed E-state index contributed by atoms with van der Waals surface area (Å²) in [5.41, 5.74) is 7.18. The second-order valence-corrected chi connectivity index (χ2v) is 8.04. The van der Waals surface area contributed by atoms with Crippen LogP contribution in [0.4, 0.5) is 11.5 Å². The monoisotopic (exact) mass is 449 g/mol. The van der Waals surface area contributed by atoms with E-state index in [1.54, 1.807) is 4.90 Å². The minimum Gasteiger partial charge on any atom is -0.383 e. The molecule has 174 valence electrons. The van der Waals surface area contributed by atoms with Crippen molar-refractivity contribution in [3.05, 3.63) is 92.6 Å². The number of carbonyl (C=O) groups is 1. The molecule has 3 rings (SSSR count). The van der Waals surface area contributed by atoms with Crippen molar-refractivity contribution in [1.82, 2.24) is 14.9 Å². The zero-order valence-electron chi connectivity index (χ0n) is 19.1. The second kappa shape index (κ2) is 11.2. The third-order valence-electron chi connectivity index (χ3n) is 5.49. The minimum absolute atomic E-state index is 0.0667. The van der Waals surface area contributed by atoms with Crippen LogP contribution in [0, 0.1) is 0 Å². The number of H-pyrrole nitrogens is 1. The lowest BCUT2D eigenvalue weighted by Crippen LogP contribution is -2.43. The molecule has 0 saturated heterocycles. The van der Waals surface area contributed by atoms with E-state index in [1.807, 2.05) is 74.5 Å². The van der Waals surface area contributed by atoms with E-state index in [1.165, 1.54) is 4.57 Å². The van der Waals surface area contributed by atoms with Gasteiger partial charge in [-0.05, 0) is 24.5 Å². The number of nitrogens with zero attached hydrogens (tertiary/aromatic N) is 2. The van der Waals surface area contributed by atoms with Gasteiger partial charge >= 0.3 is 5.69 Å². The normalized spacial score (nSPS) is 11.7. The van der Waals surface area contributed by atoms with Crippen molar-refractivity contribution in [3.63, 3.8) is 0 Å². The highest BCUT2D eigenvalue weighted by Gasteiger charge is 2.22. The fourth-order valence-electron chi connectivity index (χ4n) is 3.72. The highest BCUT2D eigenvalue weighted by atomic mass is 16.2. The number of rotatable bonds is 10. The number of aromatic nitrogens is 2. The Morgan fingerprint density at radius 1 is 1.09 bits per heavy atom. The van der Waals surface area contributed by atoms with Crippen molar-refractivity contribution in [2.45, 2.75) is 45.8 Å². The molecule has 0 bridgehead atoms. The predicted molar refractivity (Wildman–Crippen MR) is 131 cm³/mol. The number of nitrogen functional groups attached to an aromatic ring is 1. The molecule has 3 aromatic rings. The van der Waals surface area contributed by atoms with Crippen molar-refractivity contribution < 1.29 is 4.79 Å². The molecule has 33 heavy (non-hydrogen) atoms. The van der Waals surface area contributed by atoms with Gasteiger partial charge in [-0.2, -0.15) is 0 Å². The summed E-state index contributed by atoms with van der Waals surface area (Å²) in [6.45, 7) is 4.49. The number of nitrogens with two attached hydrogens (primary N) is 1. The van der Waals surface area contributed by atoms with Crippen molar-refractivity contribution in [2.75, 3.05) is 17.2 Å². The summed E-state index contributed by atoms with van der Waals surface area (Å²) in [5, 5.41) is 2.98. The van der Waals surface area contributed by atoms with E-state index < -0.39 is 11.2 Å². The molecule has 0 fully saturated rings. The van der Waals surface area contributed by atoms with Gasteiger partial charge in [0.15, 0.2) is 0 Å². The van der Waals surface area contributed by atoms with Crippen LogP contribution in [0.15, 0.2) is 70.3 Å². The quantitative estimate of drug-likeness (QED) is 0.440. The first-order valence-corrected chi connectivity index (χ1v) is 11.2. The van der Waals surface area contributed by atoms with E-state index in [9.17, 15) is 14.4 Å². The van der Waals surface area contributed by atoms with Gasteiger partial charge in [0.1, 0.15) is 11.5 Å². The molecule has 0 aliphatic heterocycles. The molecular formula is C25H31N5O3. The Morgan fingerprint density at radius 2 is 1.73 bits per heavy atom. The second-order valence-electron chi connectivity index (χ2n) is 8.04. The zero-order valence-corrected chi connectivity index (χ0v) is 19.1. The first kappa shape index (κ1) is 23.8. The zero-order chi connectivity index (χ0) is 23.8. The van der Waals surface area contributed by atoms with Crippen LogP contribution in [0.1, 0.15) is 43.9 Å². The molecule has 0 aliphatic carbocycles. The van der Waals surface area contributed by atoms with Crippen molar-refractivity contribution >= 4 is 17.4 Å². The number of nitrogens with one attached hydrogen (secondary N) is 2. The van der Waals surface area contributed by atoms with E-state index >= 15 is 0 Å². The predicted octanol–water partition coefficient (Wildman–Crippen LogP) is 2.80. The number of aromatic amines is 1. The molecule has 8 nitrogen and oxygen atoms in total. The van der Waals surface area contributed by atoms with Gasteiger partial charge in [0.2, 0.25) is 5.91 Å². The van der Waals surface area contributed by atoms with Crippen LogP contribution in [-0.4, -0.2) is 22.0 Å².